The maximum atomic E-state index is 13.6. The number of hydrogen-bond donors (Lipinski definition) is 1. The summed E-state index contributed by atoms with van der Waals surface area (Å²) in [6, 6.07) is 4.09. The summed E-state index contributed by atoms with van der Waals surface area (Å²) < 4.78 is 13.6. The van der Waals surface area contributed by atoms with E-state index < -0.39 is 11.7 Å². The lowest BCUT2D eigenvalue weighted by molar-refractivity contribution is -0.128. The van der Waals surface area contributed by atoms with Gasteiger partial charge in [-0.25, -0.2) is 4.39 Å². The molecule has 0 radical (unpaired) electrons. The quantitative estimate of drug-likeness (QED) is 0.841. The van der Waals surface area contributed by atoms with Crippen molar-refractivity contribution in [2.24, 2.45) is 0 Å². The number of nitrogens with one attached hydrogen (secondary N) is 1. The van der Waals surface area contributed by atoms with Crippen LogP contribution < -0.4 is 5.32 Å². The lowest BCUT2D eigenvalue weighted by Gasteiger charge is -2.21. The molecule has 0 aliphatic heterocycles. The van der Waals surface area contributed by atoms with E-state index >= 15 is 0 Å². The average molecular weight is 315 g/mol. The zero-order chi connectivity index (χ0) is 15.8. The van der Waals surface area contributed by atoms with Gasteiger partial charge in [-0.15, -0.1) is 0 Å². The van der Waals surface area contributed by atoms with E-state index in [1.807, 2.05) is 6.92 Å². The maximum absolute atomic E-state index is 13.6. The molecule has 4 nitrogen and oxygen atoms in total. The van der Waals surface area contributed by atoms with Crippen molar-refractivity contribution >= 4 is 23.4 Å². The molecule has 1 rings (SSSR count). The highest BCUT2D eigenvalue weighted by atomic mass is 35.5. The molecule has 1 aromatic rings. The van der Waals surface area contributed by atoms with Crippen LogP contribution in [0.3, 0.4) is 0 Å². The second-order valence-corrected chi connectivity index (χ2v) is 5.12. The number of halogens is 2. The Labute approximate surface area is 129 Å². The molecule has 0 saturated carbocycles. The van der Waals surface area contributed by atoms with Crippen LogP contribution in [0.25, 0.3) is 0 Å². The molecule has 0 aliphatic rings. The first-order valence-electron chi connectivity index (χ1n) is 6.95. The predicted molar refractivity (Wildman–Crippen MR) is 80.9 cm³/mol. The summed E-state index contributed by atoms with van der Waals surface area (Å²) in [4.78, 5) is 25.0. The van der Waals surface area contributed by atoms with Crippen LogP contribution in [-0.4, -0.2) is 36.3 Å². The van der Waals surface area contributed by atoms with Gasteiger partial charge in [0.2, 0.25) is 5.91 Å². The number of amides is 2. The first kappa shape index (κ1) is 17.4. The first-order chi connectivity index (χ1) is 9.97. The fourth-order valence-electron chi connectivity index (χ4n) is 1.88. The van der Waals surface area contributed by atoms with Gasteiger partial charge in [-0.3, -0.25) is 9.59 Å². The molecule has 0 saturated heterocycles. The normalized spacial score (nSPS) is 10.3. The molecule has 0 atom stereocenters. The van der Waals surface area contributed by atoms with E-state index in [0.29, 0.717) is 13.1 Å². The minimum atomic E-state index is -0.658. The van der Waals surface area contributed by atoms with E-state index in [4.69, 9.17) is 11.6 Å². The summed E-state index contributed by atoms with van der Waals surface area (Å²) in [5.41, 5.74) is -0.165. The van der Waals surface area contributed by atoms with E-state index in [9.17, 15) is 14.0 Å². The predicted octanol–water partition coefficient (Wildman–Crippen LogP) is 2.86. The smallest absolute Gasteiger partial charge is 0.255 e. The van der Waals surface area contributed by atoms with Crippen molar-refractivity contribution in [2.75, 3.05) is 19.6 Å². The molecule has 21 heavy (non-hydrogen) atoms. The molecule has 1 aromatic carbocycles. The summed E-state index contributed by atoms with van der Waals surface area (Å²) in [5.74, 6) is -1.27. The van der Waals surface area contributed by atoms with Gasteiger partial charge in [0, 0.05) is 26.6 Å². The Morgan fingerprint density at radius 2 is 2.05 bits per heavy atom. The standard InChI is InChI=1S/C15H20ClFN2O2/c1-3-4-9-19(11(2)20)10-8-18-15(21)14-12(16)6-5-7-13(14)17/h5-7H,3-4,8-10H2,1-2H3,(H,18,21). The van der Waals surface area contributed by atoms with E-state index in [-0.39, 0.29) is 23.0 Å². The maximum Gasteiger partial charge on any atom is 0.255 e. The van der Waals surface area contributed by atoms with Gasteiger partial charge in [-0.2, -0.15) is 0 Å². The Kier molecular flexibility index (Phi) is 7.15. The Morgan fingerprint density at radius 3 is 2.62 bits per heavy atom. The second kappa shape index (κ2) is 8.62. The van der Waals surface area contributed by atoms with E-state index in [0.717, 1.165) is 12.8 Å². The lowest BCUT2D eigenvalue weighted by atomic mass is 10.2. The number of rotatable bonds is 7. The number of benzene rings is 1. The van der Waals surface area contributed by atoms with Gasteiger partial charge in [0.15, 0.2) is 0 Å². The highest BCUT2D eigenvalue weighted by molar-refractivity contribution is 6.33. The first-order valence-corrected chi connectivity index (χ1v) is 7.32. The van der Waals surface area contributed by atoms with E-state index in [2.05, 4.69) is 5.32 Å². The van der Waals surface area contributed by atoms with Crippen molar-refractivity contribution in [3.63, 3.8) is 0 Å². The highest BCUT2D eigenvalue weighted by Crippen LogP contribution is 2.18. The Morgan fingerprint density at radius 1 is 1.33 bits per heavy atom. The number of carbonyl (C=O) groups is 2. The van der Waals surface area contributed by atoms with Gasteiger partial charge in [0.25, 0.3) is 5.91 Å². The summed E-state index contributed by atoms with van der Waals surface area (Å²) in [5, 5.41) is 2.66. The second-order valence-electron chi connectivity index (χ2n) is 4.71. The molecule has 0 aromatic heterocycles. The molecular weight excluding hydrogens is 295 g/mol. The molecule has 116 valence electrons. The molecular formula is C15H20ClFN2O2. The van der Waals surface area contributed by atoms with Crippen molar-refractivity contribution < 1.29 is 14.0 Å². The number of unbranched alkanes of at least 4 members (excludes halogenated alkanes) is 1. The van der Waals surface area contributed by atoms with Gasteiger partial charge in [-0.05, 0) is 18.6 Å². The third kappa shape index (κ3) is 5.34. The molecule has 0 heterocycles. The largest absolute Gasteiger partial charge is 0.350 e. The molecule has 0 fully saturated rings. The van der Waals surface area contributed by atoms with Gasteiger partial charge in [-0.1, -0.05) is 31.0 Å². The number of nitrogens with zero attached hydrogens (tertiary/aromatic N) is 1. The molecule has 0 spiro atoms. The summed E-state index contributed by atoms with van der Waals surface area (Å²) in [6.07, 6.45) is 1.90. The fourth-order valence-corrected chi connectivity index (χ4v) is 2.13. The zero-order valence-electron chi connectivity index (χ0n) is 12.3. The summed E-state index contributed by atoms with van der Waals surface area (Å²) in [7, 11) is 0. The molecule has 0 aliphatic carbocycles. The molecule has 2 amide bonds. The van der Waals surface area contributed by atoms with E-state index in [1.54, 1.807) is 4.90 Å². The van der Waals surface area contributed by atoms with E-state index in [1.165, 1.54) is 25.1 Å². The molecule has 0 unspecified atom stereocenters. The lowest BCUT2D eigenvalue weighted by Crippen LogP contribution is -2.38. The number of carbonyl (C=O) groups excluding carboxylic acids is 2. The van der Waals surface area contributed by atoms with Crippen LogP contribution in [0.4, 0.5) is 4.39 Å². The van der Waals surface area contributed by atoms with Gasteiger partial charge < -0.3 is 10.2 Å². The Balaban J connectivity index is 2.54. The van der Waals surface area contributed by atoms with Crippen LogP contribution in [0.5, 0.6) is 0 Å². The minimum absolute atomic E-state index is 0.0402. The van der Waals surface area contributed by atoms with Crippen LogP contribution in [0.1, 0.15) is 37.0 Å². The molecule has 0 bridgehead atoms. The third-order valence-electron chi connectivity index (χ3n) is 3.08. The topological polar surface area (TPSA) is 49.4 Å². The van der Waals surface area contributed by atoms with Crippen molar-refractivity contribution in [1.82, 2.24) is 10.2 Å². The SMILES string of the molecule is CCCCN(CCNC(=O)c1c(F)cccc1Cl)C(C)=O. The number of hydrogen-bond acceptors (Lipinski definition) is 2. The zero-order valence-corrected chi connectivity index (χ0v) is 13.0. The Bertz CT molecular complexity index is 488. The highest BCUT2D eigenvalue weighted by Gasteiger charge is 2.15. The van der Waals surface area contributed by atoms with Gasteiger partial charge >= 0.3 is 0 Å². The summed E-state index contributed by atoms with van der Waals surface area (Å²) in [6.45, 7) is 4.84. The monoisotopic (exact) mass is 314 g/mol. The van der Waals surface area contributed by atoms with Crippen LogP contribution in [0, 0.1) is 5.82 Å². The van der Waals surface area contributed by atoms with Crippen LogP contribution >= 0.6 is 11.6 Å². The fraction of sp³-hybridized carbons (Fsp3) is 0.467. The van der Waals surface area contributed by atoms with Gasteiger partial charge in [0.05, 0.1) is 10.6 Å². The van der Waals surface area contributed by atoms with Gasteiger partial charge in [0.1, 0.15) is 5.82 Å². The van der Waals surface area contributed by atoms with Crippen LogP contribution in [-0.2, 0) is 4.79 Å². The molecule has 1 N–H and O–H groups in total. The van der Waals surface area contributed by atoms with Crippen molar-refractivity contribution in [3.05, 3.63) is 34.6 Å². The van der Waals surface area contributed by atoms with Crippen LogP contribution in [0.15, 0.2) is 18.2 Å². The van der Waals surface area contributed by atoms with Crippen molar-refractivity contribution in [1.29, 1.82) is 0 Å². The summed E-state index contributed by atoms with van der Waals surface area (Å²) >= 11 is 5.82. The Hall–Kier alpha value is -1.62. The molecule has 6 heteroatoms. The third-order valence-corrected chi connectivity index (χ3v) is 3.40. The van der Waals surface area contributed by atoms with Crippen LogP contribution in [0.2, 0.25) is 5.02 Å². The minimum Gasteiger partial charge on any atom is -0.350 e. The average Bonchev–Trinajstić information content (AvgIpc) is 2.42. The van der Waals surface area contributed by atoms with Crippen molar-refractivity contribution in [3.8, 4) is 0 Å². The van der Waals surface area contributed by atoms with Crippen molar-refractivity contribution in [2.45, 2.75) is 26.7 Å².